The van der Waals surface area contributed by atoms with Crippen LogP contribution in [-0.2, 0) is 6.54 Å². The molecular weight excluding hydrogens is 446 g/mol. The molecule has 1 amide bonds. The molecule has 190 valence electrons. The van der Waals surface area contributed by atoms with Crippen LogP contribution in [0.2, 0.25) is 0 Å². The highest BCUT2D eigenvalue weighted by atomic mass is 16.5. The first-order valence-corrected chi connectivity index (χ1v) is 12.1. The lowest BCUT2D eigenvalue weighted by Crippen LogP contribution is -2.26. The van der Waals surface area contributed by atoms with Crippen LogP contribution >= 0.6 is 0 Å². The van der Waals surface area contributed by atoms with Gasteiger partial charge in [0, 0.05) is 31.0 Å². The predicted molar refractivity (Wildman–Crippen MR) is 139 cm³/mol. The van der Waals surface area contributed by atoms with Crippen LogP contribution in [0.1, 0.15) is 75.3 Å². The summed E-state index contributed by atoms with van der Waals surface area (Å²) < 4.78 is 12.6. The van der Waals surface area contributed by atoms with Crippen molar-refractivity contribution >= 4 is 22.9 Å². The normalized spacial score (nSPS) is 10.6. The molecule has 9 nitrogen and oxygen atoms in total. The van der Waals surface area contributed by atoms with E-state index in [1.54, 1.807) is 26.5 Å². The van der Waals surface area contributed by atoms with Crippen molar-refractivity contribution in [2.75, 3.05) is 19.5 Å². The lowest BCUT2D eigenvalue weighted by molar-refractivity contribution is 0.0998. The first kappa shape index (κ1) is 27.6. The first-order valence-electron chi connectivity index (χ1n) is 12.1. The topological polar surface area (TPSA) is 121 Å². The second-order valence-corrected chi connectivity index (χ2v) is 7.88. The number of hydrogen-bond donors (Lipinski definition) is 2. The van der Waals surface area contributed by atoms with Crippen molar-refractivity contribution in [3.63, 3.8) is 0 Å². The van der Waals surface area contributed by atoms with Crippen LogP contribution in [-0.4, -0.2) is 34.7 Å². The zero-order valence-electron chi connectivity index (χ0n) is 21.6. The minimum absolute atomic E-state index is 0.0486. The van der Waals surface area contributed by atoms with E-state index in [9.17, 15) is 9.59 Å². The highest BCUT2D eigenvalue weighted by Gasteiger charge is 2.19. The maximum Gasteiger partial charge on any atom is 0.254 e. The van der Waals surface area contributed by atoms with Gasteiger partial charge < -0.3 is 25.1 Å². The molecule has 0 unspecified atom stereocenters. The molecule has 0 saturated carbocycles. The Bertz CT molecular complexity index is 1160. The summed E-state index contributed by atoms with van der Waals surface area (Å²) in [6, 6.07) is 5.67. The van der Waals surface area contributed by atoms with E-state index < -0.39 is 11.3 Å². The van der Waals surface area contributed by atoms with E-state index in [-0.39, 0.29) is 17.0 Å². The molecule has 3 rings (SSSR count). The average Bonchev–Trinajstić information content (AvgIpc) is 2.88. The minimum Gasteiger partial charge on any atom is -0.497 e. The van der Waals surface area contributed by atoms with Gasteiger partial charge in [-0.2, -0.15) is 4.98 Å². The second-order valence-electron chi connectivity index (χ2n) is 7.88. The molecule has 35 heavy (non-hydrogen) atoms. The number of primary amides is 1. The molecule has 0 bridgehead atoms. The van der Waals surface area contributed by atoms with E-state index in [0.717, 1.165) is 31.2 Å². The Balaban J connectivity index is 0.00000210. The Morgan fingerprint density at radius 3 is 2.20 bits per heavy atom. The van der Waals surface area contributed by atoms with Gasteiger partial charge in [-0.1, -0.05) is 40.5 Å². The SMILES string of the molecule is CC.CCCC(CCC)n1cc(C(N)=O)c(=O)c2cnc(NCc3cc(OC)cc(OC)c3)nc21. The smallest absolute Gasteiger partial charge is 0.254 e. The van der Waals surface area contributed by atoms with Gasteiger partial charge >= 0.3 is 0 Å². The zero-order chi connectivity index (χ0) is 26.0. The highest BCUT2D eigenvalue weighted by molar-refractivity contribution is 5.95. The van der Waals surface area contributed by atoms with E-state index in [1.165, 1.54) is 6.20 Å². The fraction of sp³-hybridized carbons (Fsp3) is 0.462. The predicted octanol–water partition coefficient (Wildman–Crippen LogP) is 4.69. The summed E-state index contributed by atoms with van der Waals surface area (Å²) in [4.78, 5) is 33.7. The summed E-state index contributed by atoms with van der Waals surface area (Å²) in [5.41, 5.74) is 6.39. The van der Waals surface area contributed by atoms with Gasteiger partial charge in [-0.3, -0.25) is 9.59 Å². The van der Waals surface area contributed by atoms with Crippen LogP contribution in [0, 0.1) is 0 Å². The molecule has 0 spiro atoms. The fourth-order valence-corrected chi connectivity index (χ4v) is 3.91. The van der Waals surface area contributed by atoms with E-state index >= 15 is 0 Å². The van der Waals surface area contributed by atoms with Gasteiger partial charge in [-0.15, -0.1) is 0 Å². The molecule has 3 N–H and O–H groups in total. The van der Waals surface area contributed by atoms with E-state index in [4.69, 9.17) is 15.2 Å². The molecule has 3 aromatic rings. The summed E-state index contributed by atoms with van der Waals surface area (Å²) in [5, 5.41) is 3.48. The van der Waals surface area contributed by atoms with E-state index in [1.807, 2.05) is 30.5 Å². The average molecular weight is 484 g/mol. The number of hydrogen-bond acceptors (Lipinski definition) is 7. The standard InChI is InChI=1S/C24H31N5O4.C2H6/c1-5-7-16(8-6-2)29-14-20(22(25)31)21(30)19-13-27-24(28-23(19)29)26-12-15-9-17(32-3)11-18(10-15)33-4;1-2/h9-11,13-14,16H,5-8,12H2,1-4H3,(H2,25,31)(H,26,27,28);1-2H3. The number of nitrogens with two attached hydrogens (primary N) is 1. The van der Waals surface area contributed by atoms with Crippen molar-refractivity contribution in [2.24, 2.45) is 5.73 Å². The number of methoxy groups -OCH3 is 2. The molecule has 0 aliphatic heterocycles. The first-order chi connectivity index (χ1) is 16.9. The third-order valence-electron chi connectivity index (χ3n) is 5.54. The second kappa shape index (κ2) is 13.3. The Morgan fingerprint density at radius 1 is 1.09 bits per heavy atom. The zero-order valence-corrected chi connectivity index (χ0v) is 21.6. The minimum atomic E-state index is -0.753. The lowest BCUT2D eigenvalue weighted by atomic mass is 10.1. The van der Waals surface area contributed by atoms with Crippen LogP contribution in [0.5, 0.6) is 11.5 Å². The molecule has 0 fully saturated rings. The van der Waals surface area contributed by atoms with Gasteiger partial charge in [0.1, 0.15) is 22.7 Å². The van der Waals surface area contributed by atoms with Gasteiger partial charge in [0.2, 0.25) is 11.4 Å². The molecule has 2 heterocycles. The molecule has 1 aromatic carbocycles. The number of aromatic nitrogens is 3. The Labute approximate surface area is 206 Å². The van der Waals surface area contributed by atoms with Crippen molar-refractivity contribution in [1.29, 1.82) is 0 Å². The monoisotopic (exact) mass is 483 g/mol. The molecule has 0 aliphatic carbocycles. The van der Waals surface area contributed by atoms with Gasteiger partial charge in [0.15, 0.2) is 0 Å². The van der Waals surface area contributed by atoms with Gasteiger partial charge in [-0.05, 0) is 30.5 Å². The maximum absolute atomic E-state index is 12.8. The maximum atomic E-state index is 12.8. The Hall–Kier alpha value is -3.62. The van der Waals surface area contributed by atoms with Crippen LogP contribution < -0.4 is 26.0 Å². The van der Waals surface area contributed by atoms with E-state index in [2.05, 4.69) is 29.1 Å². The highest BCUT2D eigenvalue weighted by Crippen LogP contribution is 2.25. The molecule has 0 radical (unpaired) electrons. The molecular formula is C26H37N5O4. The summed E-state index contributed by atoms with van der Waals surface area (Å²) in [6.45, 7) is 8.63. The molecule has 2 aromatic heterocycles. The van der Waals surface area contributed by atoms with Crippen molar-refractivity contribution < 1.29 is 14.3 Å². The van der Waals surface area contributed by atoms with E-state index in [0.29, 0.717) is 29.6 Å². The summed E-state index contributed by atoms with van der Waals surface area (Å²) in [6.07, 6.45) is 6.70. The lowest BCUT2D eigenvalue weighted by Gasteiger charge is -2.22. The number of benzene rings is 1. The third-order valence-corrected chi connectivity index (χ3v) is 5.54. The number of carbonyl (C=O) groups excluding carboxylic acids is 1. The number of nitrogens with one attached hydrogen (secondary N) is 1. The molecule has 0 atom stereocenters. The fourth-order valence-electron chi connectivity index (χ4n) is 3.91. The van der Waals surface area contributed by atoms with Crippen molar-refractivity contribution in [2.45, 2.75) is 66.0 Å². The molecule has 9 heteroatoms. The summed E-state index contributed by atoms with van der Waals surface area (Å²) >= 11 is 0. The van der Waals surface area contributed by atoms with Crippen molar-refractivity contribution in [3.05, 3.63) is 51.9 Å². The molecule has 0 aliphatic rings. The Kier molecular flexibility index (Phi) is 10.5. The summed E-state index contributed by atoms with van der Waals surface area (Å²) in [7, 11) is 3.20. The number of pyridine rings is 1. The number of nitrogens with zero attached hydrogens (tertiary/aromatic N) is 3. The van der Waals surface area contributed by atoms with Crippen LogP contribution in [0.25, 0.3) is 11.0 Å². The number of ether oxygens (including phenoxy) is 2. The molecule has 0 saturated heterocycles. The van der Waals surface area contributed by atoms with Gasteiger partial charge in [0.05, 0.1) is 19.6 Å². The van der Waals surface area contributed by atoms with Crippen molar-refractivity contribution in [3.8, 4) is 11.5 Å². The number of anilines is 1. The number of carbonyl (C=O) groups is 1. The third kappa shape index (κ3) is 6.71. The van der Waals surface area contributed by atoms with Crippen LogP contribution in [0.15, 0.2) is 35.4 Å². The number of rotatable bonds is 11. The summed E-state index contributed by atoms with van der Waals surface area (Å²) in [5.74, 6) is 0.980. The quantitative estimate of drug-likeness (QED) is 0.406. The van der Waals surface area contributed by atoms with Crippen LogP contribution in [0.4, 0.5) is 5.95 Å². The van der Waals surface area contributed by atoms with Crippen LogP contribution in [0.3, 0.4) is 0 Å². The number of fused-ring (bicyclic) bond motifs is 1. The Morgan fingerprint density at radius 2 is 1.69 bits per heavy atom. The van der Waals surface area contributed by atoms with Crippen molar-refractivity contribution in [1.82, 2.24) is 14.5 Å². The largest absolute Gasteiger partial charge is 0.497 e. The number of amides is 1. The van der Waals surface area contributed by atoms with Gasteiger partial charge in [0.25, 0.3) is 5.91 Å². The van der Waals surface area contributed by atoms with Gasteiger partial charge in [-0.25, -0.2) is 4.98 Å².